The van der Waals surface area contributed by atoms with Crippen LogP contribution in [-0.4, -0.2) is 0 Å². The summed E-state index contributed by atoms with van der Waals surface area (Å²) >= 11 is 0. The highest BCUT2D eigenvalue weighted by Gasteiger charge is 2.15. The highest BCUT2D eigenvalue weighted by Crippen LogP contribution is 2.40. The second kappa shape index (κ2) is 14.3. The Balaban J connectivity index is 1.30. The fraction of sp³-hybridized carbons (Fsp3) is 0. The average Bonchev–Trinajstić information content (AvgIpc) is 3.35. The molecule has 0 saturated heterocycles. The molecular weight excluding hydrogens is 639 g/mol. The van der Waals surface area contributed by atoms with E-state index in [1.54, 1.807) is 36.4 Å². The predicted molar refractivity (Wildman–Crippen MR) is 226 cm³/mol. The lowest BCUT2D eigenvalue weighted by Gasteiger charge is -2.26. The molecule has 0 aliphatic rings. The van der Waals surface area contributed by atoms with Crippen molar-refractivity contribution in [2.24, 2.45) is 0 Å². The fourth-order valence-electron chi connectivity index (χ4n) is 6.41. The van der Waals surface area contributed by atoms with Gasteiger partial charge in [0.15, 0.2) is 0 Å². The maximum Gasteiger partial charge on any atom is 0.0651 e. The van der Waals surface area contributed by atoms with Gasteiger partial charge in [0.25, 0.3) is 0 Å². The van der Waals surface area contributed by atoms with Crippen molar-refractivity contribution in [3.63, 3.8) is 0 Å². The minimum absolute atomic E-state index is 0.00977. The topological polar surface area (TPSA) is 3.24 Å². The lowest BCUT2D eigenvalue weighted by atomic mass is 9.93. The standard InChI is InChI=1S/C52H37N/c1-4-13-38(14-5-1)42-25-29-50(30-26-42)53(52-22-12-21-45(37-52)46-24-23-41-19-10-11-20-44(41)33-46)51-31-27-43(28-32-51)49-35-47(39-15-6-2-7-16-39)34-48(36-49)40-17-8-3-9-18-40/h1-37H/i1D,4D,5D,12D,13D,14D,21D,22D,25D,26D,29D,30D,37D. The summed E-state index contributed by atoms with van der Waals surface area (Å²) < 4.78 is 117. The van der Waals surface area contributed by atoms with Crippen molar-refractivity contribution in [1.29, 1.82) is 0 Å². The molecule has 0 spiro atoms. The van der Waals surface area contributed by atoms with Crippen LogP contribution in [0, 0.1) is 0 Å². The highest BCUT2D eigenvalue weighted by atomic mass is 15.1. The molecule has 0 heterocycles. The number of rotatable bonds is 8. The van der Waals surface area contributed by atoms with Gasteiger partial charge in [-0.15, -0.1) is 0 Å². The molecule has 0 N–H and O–H groups in total. The molecule has 250 valence electrons. The predicted octanol–water partition coefficient (Wildman–Crippen LogP) is 14.6. The van der Waals surface area contributed by atoms with E-state index in [1.807, 2.05) is 91.0 Å². The molecule has 0 fully saturated rings. The summed E-state index contributed by atoms with van der Waals surface area (Å²) in [5.74, 6) is 0. The summed E-state index contributed by atoms with van der Waals surface area (Å²) in [5, 5.41) is 1.70. The minimum Gasteiger partial charge on any atom is -0.310 e. The van der Waals surface area contributed by atoms with Crippen LogP contribution in [0.1, 0.15) is 17.8 Å². The summed E-state index contributed by atoms with van der Waals surface area (Å²) in [5.41, 5.74) is 4.45. The minimum atomic E-state index is -0.728. The first-order valence-corrected chi connectivity index (χ1v) is 17.1. The second-order valence-electron chi connectivity index (χ2n) is 12.4. The SMILES string of the molecule is [2H]c1c([2H])c([2H])c(-c2c([2H])c([2H])c(N(c3ccc(-c4cc(-c5ccccc5)cc(-c5ccccc5)c4)cc3)c3c([2H])c([2H])c([2H])c(-c4ccc5ccccc5c4)c3[2H])c([2H])c2[2H])c([2H])c1[2H]. The average molecular weight is 689 g/mol. The summed E-state index contributed by atoms with van der Waals surface area (Å²) in [6.45, 7) is 0. The van der Waals surface area contributed by atoms with E-state index in [0.717, 1.165) is 44.2 Å². The first-order valence-electron chi connectivity index (χ1n) is 23.6. The molecular formula is C52H37N. The maximum atomic E-state index is 9.75. The third kappa shape index (κ3) is 6.77. The monoisotopic (exact) mass is 688 g/mol. The zero-order valence-corrected chi connectivity index (χ0v) is 28.3. The van der Waals surface area contributed by atoms with Crippen molar-refractivity contribution < 1.29 is 17.8 Å². The van der Waals surface area contributed by atoms with Crippen LogP contribution in [-0.2, 0) is 0 Å². The Bertz CT molecular complexity index is 3280. The zero-order chi connectivity index (χ0) is 46.7. The lowest BCUT2D eigenvalue weighted by molar-refractivity contribution is 1.28. The van der Waals surface area contributed by atoms with Gasteiger partial charge in [-0.3, -0.25) is 0 Å². The Morgan fingerprint density at radius 3 is 1.45 bits per heavy atom. The van der Waals surface area contributed by atoms with Gasteiger partial charge in [-0.2, -0.15) is 0 Å². The van der Waals surface area contributed by atoms with Crippen molar-refractivity contribution in [3.05, 3.63) is 224 Å². The van der Waals surface area contributed by atoms with Crippen molar-refractivity contribution in [1.82, 2.24) is 0 Å². The van der Waals surface area contributed by atoms with Crippen molar-refractivity contribution in [2.75, 3.05) is 4.90 Å². The van der Waals surface area contributed by atoms with Crippen LogP contribution in [0.15, 0.2) is 224 Å². The number of benzene rings is 9. The van der Waals surface area contributed by atoms with Crippen LogP contribution in [0.5, 0.6) is 0 Å². The van der Waals surface area contributed by atoms with Crippen molar-refractivity contribution in [3.8, 4) is 55.6 Å². The van der Waals surface area contributed by atoms with E-state index in [4.69, 9.17) is 9.60 Å². The number of fused-ring (bicyclic) bond motifs is 1. The maximum absolute atomic E-state index is 9.75. The first-order chi connectivity index (χ1) is 31.7. The molecule has 0 bridgehead atoms. The fourth-order valence-corrected chi connectivity index (χ4v) is 6.41. The molecule has 1 heteroatoms. The molecule has 0 amide bonds. The molecule has 0 aromatic heterocycles. The van der Waals surface area contributed by atoms with Crippen LogP contribution in [0.4, 0.5) is 17.1 Å². The third-order valence-corrected chi connectivity index (χ3v) is 9.07. The van der Waals surface area contributed by atoms with Crippen LogP contribution in [0.2, 0.25) is 0 Å². The number of anilines is 3. The molecule has 0 aliphatic heterocycles. The molecule has 9 rings (SSSR count). The van der Waals surface area contributed by atoms with Gasteiger partial charge in [-0.25, -0.2) is 0 Å². The molecule has 0 unspecified atom stereocenters. The van der Waals surface area contributed by atoms with Gasteiger partial charge in [-0.05, 0) is 127 Å². The molecule has 53 heavy (non-hydrogen) atoms. The van der Waals surface area contributed by atoms with Crippen LogP contribution >= 0.6 is 0 Å². The van der Waals surface area contributed by atoms with E-state index in [-0.39, 0.29) is 29.0 Å². The van der Waals surface area contributed by atoms with E-state index in [9.17, 15) is 8.22 Å². The largest absolute Gasteiger partial charge is 0.310 e. The lowest BCUT2D eigenvalue weighted by Crippen LogP contribution is -2.10. The summed E-state index contributed by atoms with van der Waals surface area (Å²) in [6.07, 6.45) is 0. The first kappa shape index (κ1) is 20.8. The van der Waals surface area contributed by atoms with E-state index >= 15 is 0 Å². The van der Waals surface area contributed by atoms with Crippen LogP contribution in [0.25, 0.3) is 66.4 Å². The number of hydrogen-bond donors (Lipinski definition) is 0. The molecule has 0 saturated carbocycles. The summed E-state index contributed by atoms with van der Waals surface area (Å²) in [4.78, 5) is 1.22. The van der Waals surface area contributed by atoms with Crippen molar-refractivity contribution >= 4 is 27.8 Å². The molecule has 0 aliphatic carbocycles. The Hall–Kier alpha value is -6.96. The second-order valence-corrected chi connectivity index (χ2v) is 12.4. The van der Waals surface area contributed by atoms with Gasteiger partial charge in [0, 0.05) is 17.1 Å². The Labute approximate surface area is 330 Å². The van der Waals surface area contributed by atoms with Gasteiger partial charge in [0.05, 0.1) is 17.8 Å². The smallest absolute Gasteiger partial charge is 0.0651 e. The quantitative estimate of drug-likeness (QED) is 0.154. The molecule has 9 aromatic rings. The van der Waals surface area contributed by atoms with Gasteiger partial charge in [0.1, 0.15) is 0 Å². The van der Waals surface area contributed by atoms with E-state index in [1.165, 1.54) is 4.90 Å². The van der Waals surface area contributed by atoms with Gasteiger partial charge in [-0.1, -0.05) is 164 Å². The Kier molecular flexibility index (Phi) is 5.62. The van der Waals surface area contributed by atoms with Crippen LogP contribution in [0.3, 0.4) is 0 Å². The number of nitrogens with zero attached hydrogens (tertiary/aromatic N) is 1. The van der Waals surface area contributed by atoms with Gasteiger partial charge >= 0.3 is 0 Å². The molecule has 1 nitrogen and oxygen atoms in total. The zero-order valence-electron chi connectivity index (χ0n) is 41.3. The van der Waals surface area contributed by atoms with Crippen LogP contribution < -0.4 is 4.90 Å². The normalized spacial score (nSPS) is 14.5. The molecule has 0 radical (unpaired) electrons. The van der Waals surface area contributed by atoms with E-state index in [2.05, 4.69) is 18.2 Å². The van der Waals surface area contributed by atoms with Gasteiger partial charge < -0.3 is 4.90 Å². The summed E-state index contributed by atoms with van der Waals surface area (Å²) in [6, 6.07) is 37.7. The van der Waals surface area contributed by atoms with E-state index in [0.29, 0.717) is 5.56 Å². The van der Waals surface area contributed by atoms with Gasteiger partial charge in [0.2, 0.25) is 0 Å². The highest BCUT2D eigenvalue weighted by molar-refractivity contribution is 5.89. The van der Waals surface area contributed by atoms with Crippen molar-refractivity contribution in [2.45, 2.75) is 0 Å². The molecule has 0 atom stereocenters. The summed E-state index contributed by atoms with van der Waals surface area (Å²) in [7, 11) is 0. The molecule has 9 aromatic carbocycles. The number of hydrogen-bond acceptors (Lipinski definition) is 1. The van der Waals surface area contributed by atoms with E-state index < -0.39 is 83.3 Å². The third-order valence-electron chi connectivity index (χ3n) is 9.07. The Morgan fingerprint density at radius 1 is 0.283 bits per heavy atom. The Morgan fingerprint density at radius 2 is 0.811 bits per heavy atom.